The number of hydrogen-bond donors (Lipinski definition) is 1. The second-order valence-electron chi connectivity index (χ2n) is 12.3. The molecule has 4 nitrogen and oxygen atoms in total. The van der Waals surface area contributed by atoms with Gasteiger partial charge in [-0.3, -0.25) is 0 Å². The van der Waals surface area contributed by atoms with Crippen molar-refractivity contribution in [2.24, 2.45) is 5.92 Å². The summed E-state index contributed by atoms with van der Waals surface area (Å²) in [5.41, 5.74) is 3.29. The molecule has 0 bridgehead atoms. The third-order valence-electron chi connectivity index (χ3n) is 8.01. The lowest BCUT2D eigenvalue weighted by atomic mass is 9.99. The van der Waals surface area contributed by atoms with Crippen LogP contribution in [0.4, 0.5) is 0 Å². The van der Waals surface area contributed by atoms with Gasteiger partial charge in [0.15, 0.2) is 0 Å². The highest BCUT2D eigenvalue weighted by atomic mass is 16.6. The van der Waals surface area contributed by atoms with Gasteiger partial charge in [0, 0.05) is 0 Å². The van der Waals surface area contributed by atoms with Gasteiger partial charge < -0.3 is 19.3 Å². The van der Waals surface area contributed by atoms with Crippen LogP contribution in [0.3, 0.4) is 0 Å². The van der Waals surface area contributed by atoms with E-state index in [4.69, 9.17) is 14.2 Å². The van der Waals surface area contributed by atoms with E-state index < -0.39 is 12.2 Å². The molecule has 0 amide bonds. The van der Waals surface area contributed by atoms with Gasteiger partial charge in [0.1, 0.15) is 12.2 Å². The molecule has 3 aromatic carbocycles. The molecule has 236 valence electrons. The third kappa shape index (κ3) is 15.7. The SMILES string of the molecule is CC(C)CCCCCCCCCCC[C@@H](OCc1ccccc1)[C@@H](OCc1ccccc1)[C@H](O)COCc1ccccc1. The summed E-state index contributed by atoms with van der Waals surface area (Å²) in [4.78, 5) is 0. The Morgan fingerprint density at radius 2 is 0.930 bits per heavy atom. The van der Waals surface area contributed by atoms with Gasteiger partial charge in [-0.25, -0.2) is 0 Å². The molecule has 0 saturated heterocycles. The molecule has 0 fully saturated rings. The predicted octanol–water partition coefficient (Wildman–Crippen LogP) is 9.68. The van der Waals surface area contributed by atoms with Crippen LogP contribution in [0.2, 0.25) is 0 Å². The number of aliphatic hydroxyl groups excluding tert-OH is 1. The van der Waals surface area contributed by atoms with Crippen LogP contribution in [-0.4, -0.2) is 30.0 Å². The topological polar surface area (TPSA) is 47.9 Å². The smallest absolute Gasteiger partial charge is 0.112 e. The Hall–Kier alpha value is -2.50. The maximum absolute atomic E-state index is 11.4. The average molecular weight is 589 g/mol. The van der Waals surface area contributed by atoms with E-state index in [2.05, 4.69) is 38.1 Å². The summed E-state index contributed by atoms with van der Waals surface area (Å²) < 4.78 is 18.9. The first kappa shape index (κ1) is 35.0. The van der Waals surface area contributed by atoms with Gasteiger partial charge in [0.25, 0.3) is 0 Å². The zero-order valence-electron chi connectivity index (χ0n) is 26.7. The minimum absolute atomic E-state index is 0.191. The summed E-state index contributed by atoms with van der Waals surface area (Å²) >= 11 is 0. The molecule has 3 aromatic rings. The van der Waals surface area contributed by atoms with Gasteiger partial charge in [0.05, 0.1) is 32.5 Å². The van der Waals surface area contributed by atoms with Crippen molar-refractivity contribution in [1.82, 2.24) is 0 Å². The van der Waals surface area contributed by atoms with Crippen LogP contribution in [0.15, 0.2) is 91.0 Å². The summed E-state index contributed by atoms with van der Waals surface area (Å²) in [5, 5.41) is 11.4. The van der Waals surface area contributed by atoms with Crippen molar-refractivity contribution in [3.63, 3.8) is 0 Å². The Balaban J connectivity index is 1.54. The van der Waals surface area contributed by atoms with Crippen molar-refractivity contribution in [3.8, 4) is 0 Å². The first-order chi connectivity index (χ1) is 21.1. The van der Waals surface area contributed by atoms with E-state index in [9.17, 15) is 5.11 Å². The standard InChI is InChI=1S/C39H56O4/c1-33(2)21-13-8-6-4-3-5-7-9-20-28-38(42-30-35-24-16-11-17-25-35)39(43-31-36-26-18-12-19-27-36)37(40)32-41-29-34-22-14-10-15-23-34/h10-12,14-19,22-27,33,37-40H,3-9,13,20-21,28-32H2,1-2H3/t37-,38-,39+/m1/s1. The van der Waals surface area contributed by atoms with E-state index in [1.165, 1.54) is 57.8 Å². The fourth-order valence-electron chi connectivity index (χ4n) is 5.45. The normalized spacial score (nSPS) is 13.7. The zero-order chi connectivity index (χ0) is 30.4. The van der Waals surface area contributed by atoms with Crippen LogP contribution < -0.4 is 0 Å². The minimum atomic E-state index is -0.802. The monoisotopic (exact) mass is 588 g/mol. The highest BCUT2D eigenvalue weighted by Crippen LogP contribution is 2.22. The lowest BCUT2D eigenvalue weighted by Gasteiger charge is -2.31. The molecule has 4 heteroatoms. The quantitative estimate of drug-likeness (QED) is 0.106. The van der Waals surface area contributed by atoms with Crippen molar-refractivity contribution in [1.29, 1.82) is 0 Å². The molecule has 0 saturated carbocycles. The average Bonchev–Trinajstić information content (AvgIpc) is 3.03. The second kappa shape index (κ2) is 22.1. The molecule has 0 aromatic heterocycles. The van der Waals surface area contributed by atoms with Crippen molar-refractivity contribution in [2.75, 3.05) is 6.61 Å². The van der Waals surface area contributed by atoms with Gasteiger partial charge in [0.2, 0.25) is 0 Å². The van der Waals surface area contributed by atoms with Crippen LogP contribution in [-0.2, 0) is 34.0 Å². The number of hydrogen-bond acceptors (Lipinski definition) is 4. The summed E-state index contributed by atoms with van der Waals surface area (Å²) in [6.45, 7) is 6.19. The van der Waals surface area contributed by atoms with Crippen LogP contribution in [0.25, 0.3) is 0 Å². The summed E-state index contributed by atoms with van der Waals surface area (Å²) in [6, 6.07) is 30.5. The Morgan fingerprint density at radius 1 is 0.512 bits per heavy atom. The molecule has 0 aliphatic heterocycles. The number of aliphatic hydroxyl groups is 1. The van der Waals surface area contributed by atoms with E-state index in [1.54, 1.807) is 0 Å². The summed E-state index contributed by atoms with van der Waals surface area (Å²) in [7, 11) is 0. The first-order valence-electron chi connectivity index (χ1n) is 16.7. The molecule has 0 spiro atoms. The maximum Gasteiger partial charge on any atom is 0.112 e. The predicted molar refractivity (Wildman–Crippen MR) is 178 cm³/mol. The van der Waals surface area contributed by atoms with Crippen molar-refractivity contribution < 1.29 is 19.3 Å². The number of unbranched alkanes of at least 4 members (excludes halogenated alkanes) is 8. The lowest BCUT2D eigenvalue weighted by Crippen LogP contribution is -2.43. The van der Waals surface area contributed by atoms with E-state index in [1.807, 2.05) is 66.7 Å². The van der Waals surface area contributed by atoms with Crippen molar-refractivity contribution >= 4 is 0 Å². The van der Waals surface area contributed by atoms with Gasteiger partial charge >= 0.3 is 0 Å². The number of benzene rings is 3. The molecule has 0 unspecified atom stereocenters. The molecular weight excluding hydrogens is 532 g/mol. The Labute approximate surface area is 261 Å². The first-order valence-corrected chi connectivity index (χ1v) is 16.7. The molecule has 3 atom stereocenters. The molecular formula is C39H56O4. The summed E-state index contributed by atoms with van der Waals surface area (Å²) in [5.74, 6) is 0.826. The van der Waals surface area contributed by atoms with E-state index in [-0.39, 0.29) is 12.7 Å². The highest BCUT2D eigenvalue weighted by Gasteiger charge is 2.30. The molecule has 0 radical (unpaired) electrons. The largest absolute Gasteiger partial charge is 0.388 e. The molecule has 3 rings (SSSR count). The fourth-order valence-corrected chi connectivity index (χ4v) is 5.45. The molecule has 0 aliphatic rings. The molecule has 43 heavy (non-hydrogen) atoms. The van der Waals surface area contributed by atoms with Gasteiger partial charge in [-0.05, 0) is 29.0 Å². The lowest BCUT2D eigenvalue weighted by molar-refractivity contribution is -0.149. The van der Waals surface area contributed by atoms with Crippen molar-refractivity contribution in [3.05, 3.63) is 108 Å². The number of ether oxygens (including phenoxy) is 3. The van der Waals surface area contributed by atoms with E-state index in [0.717, 1.165) is 35.4 Å². The van der Waals surface area contributed by atoms with Gasteiger partial charge in [-0.1, -0.05) is 169 Å². The van der Waals surface area contributed by atoms with E-state index >= 15 is 0 Å². The van der Waals surface area contributed by atoms with Crippen LogP contribution in [0.5, 0.6) is 0 Å². The fraction of sp³-hybridized carbons (Fsp3) is 0.538. The summed E-state index contributed by atoms with van der Waals surface area (Å²) in [6.07, 6.45) is 12.2. The molecule has 0 heterocycles. The highest BCUT2D eigenvalue weighted by molar-refractivity contribution is 5.15. The van der Waals surface area contributed by atoms with Crippen LogP contribution in [0, 0.1) is 5.92 Å². The van der Waals surface area contributed by atoms with Gasteiger partial charge in [-0.15, -0.1) is 0 Å². The van der Waals surface area contributed by atoms with Crippen LogP contribution in [0.1, 0.15) is 101 Å². The van der Waals surface area contributed by atoms with Gasteiger partial charge in [-0.2, -0.15) is 0 Å². The van der Waals surface area contributed by atoms with E-state index in [0.29, 0.717) is 19.8 Å². The third-order valence-corrected chi connectivity index (χ3v) is 8.01. The molecule has 0 aliphatic carbocycles. The van der Waals surface area contributed by atoms with Crippen molar-refractivity contribution in [2.45, 2.75) is 123 Å². The minimum Gasteiger partial charge on any atom is -0.388 e. The maximum atomic E-state index is 11.4. The Bertz CT molecular complexity index is 1040. The zero-order valence-corrected chi connectivity index (χ0v) is 26.7. The molecule has 1 N–H and O–H groups in total. The number of rotatable bonds is 24. The second-order valence-corrected chi connectivity index (χ2v) is 12.3. The van der Waals surface area contributed by atoms with Crippen LogP contribution >= 0.6 is 0 Å². The Morgan fingerprint density at radius 3 is 1.42 bits per heavy atom. The Kier molecular flexibility index (Phi) is 18.0.